The molecule has 124 valence electrons. The van der Waals surface area contributed by atoms with Crippen molar-refractivity contribution in [3.8, 4) is 11.3 Å². The van der Waals surface area contributed by atoms with Crippen LogP contribution in [0.1, 0.15) is 20.9 Å². The number of nitrogens with zero attached hydrogens (tertiary/aromatic N) is 3. The summed E-state index contributed by atoms with van der Waals surface area (Å²) < 4.78 is 5.97. The van der Waals surface area contributed by atoms with Crippen LogP contribution in [0, 0.1) is 13.8 Å². The van der Waals surface area contributed by atoms with E-state index in [1.54, 1.807) is 6.92 Å². The molecule has 4 rings (SSSR count). The van der Waals surface area contributed by atoms with Crippen LogP contribution in [0.3, 0.4) is 0 Å². The number of aryl methyl sites for hydroxylation is 2. The van der Waals surface area contributed by atoms with E-state index in [4.69, 9.17) is 0 Å². The third kappa shape index (κ3) is 2.81. The number of hydrogen-bond donors (Lipinski definition) is 1. The molecule has 3 heterocycles. The van der Waals surface area contributed by atoms with E-state index in [9.17, 15) is 4.79 Å². The zero-order chi connectivity index (χ0) is 17.4. The Labute approximate surface area is 149 Å². The lowest BCUT2D eigenvalue weighted by atomic mass is 10.1. The average molecular weight is 348 g/mol. The van der Waals surface area contributed by atoms with Crippen LogP contribution in [0.4, 0.5) is 5.69 Å². The Hall–Kier alpha value is -2.99. The van der Waals surface area contributed by atoms with Crippen LogP contribution in [0.2, 0.25) is 0 Å². The smallest absolute Gasteiger partial charge is 0.269 e. The van der Waals surface area contributed by atoms with E-state index >= 15 is 0 Å². The summed E-state index contributed by atoms with van der Waals surface area (Å²) >= 11 is 1.10. The topological polar surface area (TPSA) is 59.3 Å². The van der Waals surface area contributed by atoms with Gasteiger partial charge in [0.1, 0.15) is 4.88 Å². The van der Waals surface area contributed by atoms with Crippen molar-refractivity contribution >= 4 is 28.6 Å². The number of benzene rings is 1. The first-order valence-corrected chi connectivity index (χ1v) is 8.68. The molecule has 6 heteroatoms. The van der Waals surface area contributed by atoms with Crippen molar-refractivity contribution in [2.24, 2.45) is 0 Å². The predicted molar refractivity (Wildman–Crippen MR) is 100 cm³/mol. The maximum Gasteiger partial charge on any atom is 0.269 e. The largest absolute Gasteiger partial charge is 0.321 e. The summed E-state index contributed by atoms with van der Waals surface area (Å²) in [6.45, 7) is 3.89. The van der Waals surface area contributed by atoms with E-state index in [0.29, 0.717) is 10.6 Å². The van der Waals surface area contributed by atoms with E-state index in [-0.39, 0.29) is 5.91 Å². The van der Waals surface area contributed by atoms with Crippen LogP contribution in [0.25, 0.3) is 16.8 Å². The van der Waals surface area contributed by atoms with Crippen LogP contribution in [-0.2, 0) is 0 Å². The Morgan fingerprint density at radius 3 is 2.64 bits per heavy atom. The number of pyridine rings is 1. The molecule has 0 fully saturated rings. The molecule has 5 nitrogen and oxygen atoms in total. The molecule has 0 bridgehead atoms. The first kappa shape index (κ1) is 15.5. The van der Waals surface area contributed by atoms with Crippen molar-refractivity contribution in [3.63, 3.8) is 0 Å². The monoisotopic (exact) mass is 348 g/mol. The minimum absolute atomic E-state index is 0.176. The summed E-state index contributed by atoms with van der Waals surface area (Å²) in [5.41, 5.74) is 6.05. The summed E-state index contributed by atoms with van der Waals surface area (Å²) in [6, 6.07) is 16.2. The Balaban J connectivity index is 1.63. The normalized spacial score (nSPS) is 11.0. The van der Waals surface area contributed by atoms with Gasteiger partial charge in [0.05, 0.1) is 11.4 Å². The quantitative estimate of drug-likeness (QED) is 0.599. The molecular weight excluding hydrogens is 332 g/mol. The van der Waals surface area contributed by atoms with Crippen molar-refractivity contribution in [2.75, 3.05) is 5.32 Å². The molecule has 0 saturated carbocycles. The first-order valence-electron chi connectivity index (χ1n) is 7.91. The van der Waals surface area contributed by atoms with E-state index in [1.165, 1.54) is 11.1 Å². The third-order valence-electron chi connectivity index (χ3n) is 4.14. The number of rotatable bonds is 3. The summed E-state index contributed by atoms with van der Waals surface area (Å²) in [7, 11) is 0. The van der Waals surface area contributed by atoms with E-state index in [1.807, 2.05) is 36.4 Å². The summed E-state index contributed by atoms with van der Waals surface area (Å²) in [5, 5.41) is 6.76. The average Bonchev–Trinajstić information content (AvgIpc) is 3.18. The van der Waals surface area contributed by atoms with Gasteiger partial charge in [0.2, 0.25) is 0 Å². The van der Waals surface area contributed by atoms with Crippen molar-refractivity contribution in [3.05, 3.63) is 70.9 Å². The lowest BCUT2D eigenvalue weighted by Crippen LogP contribution is -2.11. The molecule has 1 aromatic carbocycles. The second-order valence-corrected chi connectivity index (χ2v) is 6.64. The fourth-order valence-corrected chi connectivity index (χ4v) is 3.52. The van der Waals surface area contributed by atoms with Gasteiger partial charge in [-0.05, 0) is 66.8 Å². The summed E-state index contributed by atoms with van der Waals surface area (Å²) in [6.07, 6.45) is 2.06. The summed E-state index contributed by atoms with van der Waals surface area (Å²) in [5.74, 6) is -0.176. The SMILES string of the molecule is Cc1cc2ccccn2c1-c1ccc(NC(=O)c2snnc2C)cc1. The van der Waals surface area contributed by atoms with Gasteiger partial charge < -0.3 is 9.72 Å². The molecule has 0 aliphatic rings. The van der Waals surface area contributed by atoms with E-state index in [2.05, 4.69) is 44.6 Å². The van der Waals surface area contributed by atoms with E-state index < -0.39 is 0 Å². The summed E-state index contributed by atoms with van der Waals surface area (Å²) in [4.78, 5) is 12.8. The highest BCUT2D eigenvalue weighted by atomic mass is 32.1. The Kier molecular flexibility index (Phi) is 3.82. The maximum absolute atomic E-state index is 12.3. The highest BCUT2D eigenvalue weighted by Crippen LogP contribution is 2.28. The standard InChI is InChI=1S/C19H16N4OS/c1-12-11-16-5-3-4-10-23(16)17(12)14-6-8-15(9-7-14)20-19(24)18-13(2)21-22-25-18/h3-11H,1-2H3,(H,20,24). The van der Waals surface area contributed by atoms with Crippen LogP contribution in [0.5, 0.6) is 0 Å². The molecule has 0 atom stereocenters. The fraction of sp³-hybridized carbons (Fsp3) is 0.105. The first-order chi connectivity index (χ1) is 12.1. The molecule has 1 N–H and O–H groups in total. The van der Waals surface area contributed by atoms with Crippen LogP contribution in [0.15, 0.2) is 54.7 Å². The number of carbonyl (C=O) groups is 1. The maximum atomic E-state index is 12.3. The van der Waals surface area contributed by atoms with Gasteiger partial charge in [-0.1, -0.05) is 22.7 Å². The van der Waals surface area contributed by atoms with Crippen LogP contribution in [-0.4, -0.2) is 19.9 Å². The van der Waals surface area contributed by atoms with Gasteiger partial charge >= 0.3 is 0 Å². The minimum Gasteiger partial charge on any atom is -0.321 e. The number of anilines is 1. The minimum atomic E-state index is -0.176. The fourth-order valence-electron chi connectivity index (χ4n) is 2.96. The molecule has 0 spiro atoms. The molecule has 4 aromatic rings. The van der Waals surface area contributed by atoms with Gasteiger partial charge in [0.25, 0.3) is 5.91 Å². The van der Waals surface area contributed by atoms with Crippen LogP contribution < -0.4 is 5.32 Å². The number of amides is 1. The molecule has 0 unspecified atom stereocenters. The highest BCUT2D eigenvalue weighted by molar-refractivity contribution is 7.08. The molecule has 0 saturated heterocycles. The van der Waals surface area contributed by atoms with Gasteiger partial charge in [-0.15, -0.1) is 5.10 Å². The highest BCUT2D eigenvalue weighted by Gasteiger charge is 2.14. The van der Waals surface area contributed by atoms with Gasteiger partial charge in [-0.2, -0.15) is 0 Å². The molecule has 25 heavy (non-hydrogen) atoms. The van der Waals surface area contributed by atoms with Crippen molar-refractivity contribution < 1.29 is 4.79 Å². The molecular formula is C19H16N4OS. The number of hydrogen-bond acceptors (Lipinski definition) is 4. The molecule has 1 amide bonds. The lowest BCUT2D eigenvalue weighted by Gasteiger charge is -2.08. The number of fused-ring (bicyclic) bond motifs is 1. The zero-order valence-corrected chi connectivity index (χ0v) is 14.7. The van der Waals surface area contributed by atoms with Gasteiger partial charge in [0, 0.05) is 17.4 Å². The lowest BCUT2D eigenvalue weighted by molar-refractivity contribution is 0.103. The molecule has 0 aliphatic heterocycles. The molecule has 0 radical (unpaired) electrons. The van der Waals surface area contributed by atoms with Crippen molar-refractivity contribution in [2.45, 2.75) is 13.8 Å². The molecule has 0 aliphatic carbocycles. The van der Waals surface area contributed by atoms with Gasteiger partial charge in [-0.3, -0.25) is 4.79 Å². The van der Waals surface area contributed by atoms with Gasteiger partial charge in [0.15, 0.2) is 0 Å². The van der Waals surface area contributed by atoms with Crippen molar-refractivity contribution in [1.29, 1.82) is 0 Å². The second kappa shape index (κ2) is 6.14. The number of nitrogens with one attached hydrogen (secondary N) is 1. The number of aromatic nitrogens is 3. The Morgan fingerprint density at radius 1 is 1.12 bits per heavy atom. The second-order valence-electron chi connectivity index (χ2n) is 5.89. The van der Waals surface area contributed by atoms with E-state index in [0.717, 1.165) is 28.5 Å². The van der Waals surface area contributed by atoms with Gasteiger partial charge in [-0.25, -0.2) is 0 Å². The Morgan fingerprint density at radius 2 is 1.92 bits per heavy atom. The zero-order valence-electron chi connectivity index (χ0n) is 13.9. The van der Waals surface area contributed by atoms with Crippen LogP contribution >= 0.6 is 11.5 Å². The predicted octanol–water partition coefficient (Wildman–Crippen LogP) is 4.33. The third-order valence-corrected chi connectivity index (χ3v) is 4.97. The Bertz CT molecular complexity index is 1060. The molecule has 3 aromatic heterocycles. The number of carbonyl (C=O) groups excluding carboxylic acids is 1. The van der Waals surface area contributed by atoms with Crippen molar-refractivity contribution in [1.82, 2.24) is 14.0 Å².